The second-order valence-corrected chi connectivity index (χ2v) is 5.53. The molecule has 1 aliphatic heterocycles. The van der Waals surface area contributed by atoms with Crippen LogP contribution in [-0.4, -0.2) is 18.2 Å². The van der Waals surface area contributed by atoms with Crippen molar-refractivity contribution < 1.29 is 9.53 Å². The maximum atomic E-state index is 11.8. The predicted molar refractivity (Wildman–Crippen MR) is 77.5 cm³/mol. The molecular weight excluding hydrogens is 264 g/mol. The molecule has 1 unspecified atom stereocenters. The number of benzene rings is 1. The van der Waals surface area contributed by atoms with Crippen LogP contribution in [0.4, 0.5) is 4.79 Å². The zero-order chi connectivity index (χ0) is 13.2. The minimum atomic E-state index is -0.467. The van der Waals surface area contributed by atoms with E-state index in [9.17, 15) is 4.79 Å². The second kappa shape index (κ2) is 6.26. The SMILES string of the molecule is CC(C)(C)OC(=O)NC1CNCc2ccccc21.Cl. The van der Waals surface area contributed by atoms with Crippen LogP contribution in [0.15, 0.2) is 24.3 Å². The van der Waals surface area contributed by atoms with Gasteiger partial charge in [0, 0.05) is 13.1 Å². The minimum absolute atomic E-state index is 0. The van der Waals surface area contributed by atoms with Gasteiger partial charge in [-0.2, -0.15) is 0 Å². The van der Waals surface area contributed by atoms with Gasteiger partial charge >= 0.3 is 6.09 Å². The Bertz CT molecular complexity index is 443. The number of amides is 1. The van der Waals surface area contributed by atoms with Gasteiger partial charge in [-0.15, -0.1) is 12.4 Å². The molecule has 1 aliphatic rings. The van der Waals surface area contributed by atoms with Crippen molar-refractivity contribution in [2.24, 2.45) is 0 Å². The molecule has 19 heavy (non-hydrogen) atoms. The number of alkyl carbamates (subject to hydrolysis) is 1. The highest BCUT2D eigenvalue weighted by atomic mass is 35.5. The van der Waals surface area contributed by atoms with E-state index in [1.807, 2.05) is 32.9 Å². The van der Waals surface area contributed by atoms with Gasteiger partial charge in [-0.05, 0) is 31.9 Å². The molecule has 0 aliphatic carbocycles. The molecule has 0 saturated carbocycles. The summed E-state index contributed by atoms with van der Waals surface area (Å²) in [5.41, 5.74) is 1.93. The first-order valence-corrected chi connectivity index (χ1v) is 6.24. The Balaban J connectivity index is 0.00000180. The third-order valence-corrected chi connectivity index (χ3v) is 2.79. The van der Waals surface area contributed by atoms with Gasteiger partial charge < -0.3 is 15.4 Å². The molecule has 2 N–H and O–H groups in total. The van der Waals surface area contributed by atoms with Gasteiger partial charge in [-0.1, -0.05) is 24.3 Å². The highest BCUT2D eigenvalue weighted by Crippen LogP contribution is 2.22. The van der Waals surface area contributed by atoms with E-state index in [-0.39, 0.29) is 24.5 Å². The lowest BCUT2D eigenvalue weighted by Crippen LogP contribution is -2.41. The van der Waals surface area contributed by atoms with Crippen LogP contribution >= 0.6 is 12.4 Å². The lowest BCUT2D eigenvalue weighted by atomic mass is 9.97. The molecule has 0 radical (unpaired) electrons. The normalized spacial score (nSPS) is 17.9. The summed E-state index contributed by atoms with van der Waals surface area (Å²) in [6.45, 7) is 7.16. The summed E-state index contributed by atoms with van der Waals surface area (Å²) in [7, 11) is 0. The fourth-order valence-electron chi connectivity index (χ4n) is 2.07. The molecule has 0 aromatic heterocycles. The number of fused-ring (bicyclic) bond motifs is 1. The number of carbonyl (C=O) groups excluding carboxylic acids is 1. The zero-order valence-electron chi connectivity index (χ0n) is 11.5. The van der Waals surface area contributed by atoms with Gasteiger partial charge in [0.15, 0.2) is 0 Å². The van der Waals surface area contributed by atoms with Crippen molar-refractivity contribution >= 4 is 18.5 Å². The van der Waals surface area contributed by atoms with Crippen molar-refractivity contribution in [1.29, 1.82) is 0 Å². The molecule has 0 spiro atoms. The first-order valence-electron chi connectivity index (χ1n) is 6.24. The maximum absolute atomic E-state index is 11.8. The number of halogens is 1. The highest BCUT2D eigenvalue weighted by molar-refractivity contribution is 5.85. The van der Waals surface area contributed by atoms with Gasteiger partial charge in [0.2, 0.25) is 0 Å². The molecule has 1 aromatic rings. The molecule has 1 amide bonds. The van der Waals surface area contributed by atoms with Gasteiger partial charge in [-0.3, -0.25) is 0 Å². The number of rotatable bonds is 1. The molecular formula is C14H21ClN2O2. The Morgan fingerprint density at radius 1 is 1.37 bits per heavy atom. The second-order valence-electron chi connectivity index (χ2n) is 5.53. The highest BCUT2D eigenvalue weighted by Gasteiger charge is 2.23. The summed E-state index contributed by atoms with van der Waals surface area (Å²) in [4.78, 5) is 11.8. The summed E-state index contributed by atoms with van der Waals surface area (Å²) < 4.78 is 5.28. The standard InChI is InChI=1S/C14H20N2O2.ClH/c1-14(2,3)18-13(17)16-12-9-15-8-10-6-4-5-7-11(10)12;/h4-7,12,15H,8-9H2,1-3H3,(H,16,17);1H. The first kappa shape index (κ1) is 15.8. The zero-order valence-corrected chi connectivity index (χ0v) is 12.3. The van der Waals surface area contributed by atoms with E-state index in [1.165, 1.54) is 11.1 Å². The first-order chi connectivity index (χ1) is 8.46. The molecule has 0 fully saturated rings. The van der Waals surface area contributed by atoms with Gasteiger partial charge in [0.05, 0.1) is 6.04 Å². The number of hydrogen-bond acceptors (Lipinski definition) is 3. The summed E-state index contributed by atoms with van der Waals surface area (Å²) in [6.07, 6.45) is -0.369. The summed E-state index contributed by atoms with van der Waals surface area (Å²) >= 11 is 0. The van der Waals surface area contributed by atoms with E-state index in [2.05, 4.69) is 22.8 Å². The summed E-state index contributed by atoms with van der Waals surface area (Å²) in [6, 6.07) is 8.11. The Labute approximate surface area is 120 Å². The average Bonchev–Trinajstić information content (AvgIpc) is 2.27. The van der Waals surface area contributed by atoms with E-state index in [0.717, 1.165) is 13.1 Å². The van der Waals surface area contributed by atoms with Crippen molar-refractivity contribution in [3.63, 3.8) is 0 Å². The van der Waals surface area contributed by atoms with Crippen LogP contribution in [0, 0.1) is 0 Å². The van der Waals surface area contributed by atoms with Crippen molar-refractivity contribution in [3.8, 4) is 0 Å². The minimum Gasteiger partial charge on any atom is -0.444 e. The summed E-state index contributed by atoms with van der Waals surface area (Å²) in [5, 5.41) is 6.20. The average molecular weight is 285 g/mol. The molecule has 0 saturated heterocycles. The van der Waals surface area contributed by atoms with Crippen LogP contribution in [0.1, 0.15) is 37.9 Å². The van der Waals surface area contributed by atoms with Crippen LogP contribution < -0.4 is 10.6 Å². The summed E-state index contributed by atoms with van der Waals surface area (Å²) in [5.74, 6) is 0. The van der Waals surface area contributed by atoms with Gasteiger partial charge in [-0.25, -0.2) is 4.79 Å². The fourth-order valence-corrected chi connectivity index (χ4v) is 2.07. The maximum Gasteiger partial charge on any atom is 0.408 e. The molecule has 1 atom stereocenters. The van der Waals surface area contributed by atoms with Gasteiger partial charge in [0.25, 0.3) is 0 Å². The third-order valence-electron chi connectivity index (χ3n) is 2.79. The van der Waals surface area contributed by atoms with Crippen LogP contribution in [0.25, 0.3) is 0 Å². The lowest BCUT2D eigenvalue weighted by Gasteiger charge is -2.28. The topological polar surface area (TPSA) is 50.4 Å². The molecule has 1 aromatic carbocycles. The van der Waals surface area contributed by atoms with Crippen molar-refractivity contribution in [1.82, 2.24) is 10.6 Å². The van der Waals surface area contributed by atoms with Crippen molar-refractivity contribution in [2.75, 3.05) is 6.54 Å². The number of ether oxygens (including phenoxy) is 1. The van der Waals surface area contributed by atoms with E-state index in [1.54, 1.807) is 0 Å². The quantitative estimate of drug-likeness (QED) is 0.834. The molecule has 106 valence electrons. The fraction of sp³-hybridized carbons (Fsp3) is 0.500. The van der Waals surface area contributed by atoms with E-state index >= 15 is 0 Å². The van der Waals surface area contributed by atoms with Crippen LogP contribution in [0.3, 0.4) is 0 Å². The lowest BCUT2D eigenvalue weighted by molar-refractivity contribution is 0.0501. The van der Waals surface area contributed by atoms with Crippen LogP contribution in [0.5, 0.6) is 0 Å². The number of hydrogen-bond donors (Lipinski definition) is 2. The monoisotopic (exact) mass is 284 g/mol. The molecule has 5 heteroatoms. The van der Waals surface area contributed by atoms with Crippen molar-refractivity contribution in [2.45, 2.75) is 39.0 Å². The van der Waals surface area contributed by atoms with Gasteiger partial charge in [0.1, 0.15) is 5.60 Å². The van der Waals surface area contributed by atoms with Crippen LogP contribution in [-0.2, 0) is 11.3 Å². The number of carbonyl (C=O) groups is 1. The van der Waals surface area contributed by atoms with Crippen molar-refractivity contribution in [3.05, 3.63) is 35.4 Å². The predicted octanol–water partition coefficient (Wildman–Crippen LogP) is 2.78. The third kappa shape index (κ3) is 4.40. The largest absolute Gasteiger partial charge is 0.444 e. The Kier molecular flexibility index (Phi) is 5.20. The smallest absolute Gasteiger partial charge is 0.408 e. The van der Waals surface area contributed by atoms with E-state index in [0.29, 0.717) is 0 Å². The van der Waals surface area contributed by atoms with E-state index < -0.39 is 5.60 Å². The Morgan fingerprint density at radius 3 is 2.74 bits per heavy atom. The molecule has 0 bridgehead atoms. The Hall–Kier alpha value is -1.26. The van der Waals surface area contributed by atoms with Crippen LogP contribution in [0.2, 0.25) is 0 Å². The molecule has 1 heterocycles. The van der Waals surface area contributed by atoms with E-state index in [4.69, 9.17) is 4.74 Å². The number of nitrogens with one attached hydrogen (secondary N) is 2. The molecule has 2 rings (SSSR count). The Morgan fingerprint density at radius 2 is 2.05 bits per heavy atom. The molecule has 4 nitrogen and oxygen atoms in total.